The third-order valence-corrected chi connectivity index (χ3v) is 6.43. The van der Waals surface area contributed by atoms with E-state index < -0.39 is 0 Å². The molecule has 3 nitrogen and oxygen atoms in total. The first-order chi connectivity index (χ1) is 11.7. The number of piperidine rings is 1. The summed E-state index contributed by atoms with van der Waals surface area (Å²) in [7, 11) is 0. The van der Waals surface area contributed by atoms with E-state index in [1.807, 2.05) is 17.6 Å². The Hall–Kier alpha value is -0.720. The predicted octanol–water partition coefficient (Wildman–Crippen LogP) is 4.50. The fourth-order valence-electron chi connectivity index (χ4n) is 3.96. The molecule has 25 heavy (non-hydrogen) atoms. The maximum absolute atomic E-state index is 13.4. The highest BCUT2D eigenvalue weighted by Gasteiger charge is 2.56. The third kappa shape index (κ3) is 4.17. The minimum atomic E-state index is -0.354. The maximum atomic E-state index is 13.4. The molecule has 136 valence electrons. The normalized spacial score (nSPS) is 21.3. The smallest absolute Gasteiger partial charge is 0.141 e. The first kappa shape index (κ1) is 19.1. The van der Waals surface area contributed by atoms with Crippen LogP contribution in [-0.2, 0) is 13.1 Å². The molecule has 1 saturated carbocycles. The molecule has 1 aromatic carbocycles. The molecule has 1 unspecified atom stereocenters. The van der Waals surface area contributed by atoms with Crippen LogP contribution in [0, 0.1) is 11.2 Å². The van der Waals surface area contributed by atoms with Crippen molar-refractivity contribution in [1.29, 1.82) is 0 Å². The number of hydrogen-bond donors (Lipinski definition) is 1. The SMILES string of the molecule is Cl.Fc1ccc(CN(Cc2nccs2)C2CC23CCNCC3)cc1Cl. The van der Waals surface area contributed by atoms with Gasteiger partial charge in [0, 0.05) is 24.2 Å². The van der Waals surface area contributed by atoms with Crippen molar-refractivity contribution in [2.75, 3.05) is 13.1 Å². The molecule has 1 aliphatic carbocycles. The molecule has 2 fully saturated rings. The second-order valence-electron chi connectivity index (χ2n) is 6.91. The summed E-state index contributed by atoms with van der Waals surface area (Å²) in [5.41, 5.74) is 1.53. The summed E-state index contributed by atoms with van der Waals surface area (Å²) >= 11 is 7.66. The Bertz CT molecular complexity index is 704. The van der Waals surface area contributed by atoms with Crippen LogP contribution in [0.3, 0.4) is 0 Å². The third-order valence-electron chi connectivity index (χ3n) is 5.38. The highest BCUT2D eigenvalue weighted by Crippen LogP contribution is 2.56. The van der Waals surface area contributed by atoms with Gasteiger partial charge in [-0.3, -0.25) is 4.90 Å². The van der Waals surface area contributed by atoms with Gasteiger partial charge in [0.1, 0.15) is 10.8 Å². The van der Waals surface area contributed by atoms with Crippen molar-refractivity contribution < 1.29 is 4.39 Å². The fraction of sp³-hybridized carbons (Fsp3) is 0.500. The van der Waals surface area contributed by atoms with Crippen LogP contribution in [0.15, 0.2) is 29.8 Å². The zero-order chi connectivity index (χ0) is 16.6. The van der Waals surface area contributed by atoms with E-state index in [2.05, 4.69) is 15.2 Å². The Morgan fingerprint density at radius 1 is 1.32 bits per heavy atom. The molecule has 1 saturated heterocycles. The minimum Gasteiger partial charge on any atom is -0.317 e. The summed E-state index contributed by atoms with van der Waals surface area (Å²) in [6, 6.07) is 5.65. The molecule has 0 radical (unpaired) electrons. The number of aromatic nitrogens is 1. The van der Waals surface area contributed by atoms with Gasteiger partial charge >= 0.3 is 0 Å². The molecule has 1 aromatic heterocycles. The molecule has 2 heterocycles. The number of thiazole rings is 1. The van der Waals surface area contributed by atoms with Crippen molar-refractivity contribution in [3.05, 3.63) is 51.2 Å². The number of benzene rings is 1. The number of halogens is 3. The zero-order valence-corrected chi connectivity index (χ0v) is 16.3. The molecule has 2 aliphatic rings. The van der Waals surface area contributed by atoms with Gasteiger partial charge in [0.15, 0.2) is 0 Å². The second-order valence-corrected chi connectivity index (χ2v) is 8.30. The van der Waals surface area contributed by atoms with Crippen molar-refractivity contribution in [2.45, 2.75) is 38.4 Å². The van der Waals surface area contributed by atoms with Gasteiger partial charge in [0.2, 0.25) is 0 Å². The van der Waals surface area contributed by atoms with Gasteiger partial charge in [0.05, 0.1) is 11.6 Å². The molecular formula is C18H22Cl2FN3S. The first-order valence-electron chi connectivity index (χ1n) is 8.43. The summed E-state index contributed by atoms with van der Waals surface area (Å²) in [6.45, 7) is 3.87. The molecular weight excluding hydrogens is 380 g/mol. The van der Waals surface area contributed by atoms with Gasteiger partial charge in [-0.1, -0.05) is 17.7 Å². The minimum absolute atomic E-state index is 0. The monoisotopic (exact) mass is 401 g/mol. The van der Waals surface area contributed by atoms with E-state index in [0.717, 1.165) is 36.8 Å². The standard InChI is InChI=1S/C18H21ClFN3S.ClH/c19-14-9-13(1-2-15(14)20)11-23(12-17-22-7-8-24-17)16-10-18(16)3-5-21-6-4-18;/h1-2,7-9,16,21H,3-6,10-12H2;1H. The Morgan fingerprint density at radius 3 is 2.80 bits per heavy atom. The van der Waals surface area contributed by atoms with Crippen LogP contribution in [0.25, 0.3) is 0 Å². The first-order valence-corrected chi connectivity index (χ1v) is 9.69. The van der Waals surface area contributed by atoms with E-state index in [1.165, 1.54) is 25.3 Å². The van der Waals surface area contributed by atoms with Crippen LogP contribution in [0.5, 0.6) is 0 Å². The fourth-order valence-corrected chi connectivity index (χ4v) is 4.80. The lowest BCUT2D eigenvalue weighted by molar-refractivity contribution is 0.188. The second kappa shape index (κ2) is 7.89. The van der Waals surface area contributed by atoms with E-state index in [1.54, 1.807) is 17.4 Å². The quantitative estimate of drug-likeness (QED) is 0.798. The van der Waals surface area contributed by atoms with Gasteiger partial charge in [0.25, 0.3) is 0 Å². The lowest BCUT2D eigenvalue weighted by atomic mass is 9.93. The Balaban J connectivity index is 0.00000182. The van der Waals surface area contributed by atoms with Crippen LogP contribution in [0.2, 0.25) is 5.02 Å². The molecule has 2 aromatic rings. The van der Waals surface area contributed by atoms with Gasteiger partial charge < -0.3 is 5.32 Å². The maximum Gasteiger partial charge on any atom is 0.141 e. The number of nitrogens with zero attached hydrogens (tertiary/aromatic N) is 2. The van der Waals surface area contributed by atoms with Crippen LogP contribution in [0.1, 0.15) is 29.8 Å². The van der Waals surface area contributed by atoms with E-state index in [0.29, 0.717) is 11.5 Å². The summed E-state index contributed by atoms with van der Waals surface area (Å²) in [4.78, 5) is 6.96. The van der Waals surface area contributed by atoms with Crippen molar-refractivity contribution in [1.82, 2.24) is 15.2 Å². The molecule has 1 spiro atoms. The largest absolute Gasteiger partial charge is 0.317 e. The van der Waals surface area contributed by atoms with Crippen LogP contribution >= 0.6 is 35.3 Å². The van der Waals surface area contributed by atoms with Crippen LogP contribution in [-0.4, -0.2) is 29.0 Å². The van der Waals surface area contributed by atoms with Gasteiger partial charge in [-0.15, -0.1) is 23.7 Å². The van der Waals surface area contributed by atoms with Gasteiger partial charge in [-0.05, 0) is 55.5 Å². The van der Waals surface area contributed by atoms with Crippen molar-refractivity contribution in [3.63, 3.8) is 0 Å². The molecule has 7 heteroatoms. The number of nitrogens with one attached hydrogen (secondary N) is 1. The van der Waals surface area contributed by atoms with Crippen molar-refractivity contribution >= 4 is 35.3 Å². The zero-order valence-electron chi connectivity index (χ0n) is 13.9. The highest BCUT2D eigenvalue weighted by atomic mass is 35.5. The van der Waals surface area contributed by atoms with Crippen molar-refractivity contribution in [3.8, 4) is 0 Å². The molecule has 1 N–H and O–H groups in total. The summed E-state index contributed by atoms with van der Waals surface area (Å²) < 4.78 is 13.4. The highest BCUT2D eigenvalue weighted by molar-refractivity contribution is 7.09. The van der Waals surface area contributed by atoms with E-state index in [9.17, 15) is 4.39 Å². The molecule has 1 aliphatic heterocycles. The van der Waals surface area contributed by atoms with E-state index in [4.69, 9.17) is 11.6 Å². The predicted molar refractivity (Wildman–Crippen MR) is 103 cm³/mol. The van der Waals surface area contributed by atoms with Gasteiger partial charge in [-0.2, -0.15) is 0 Å². The topological polar surface area (TPSA) is 28.2 Å². The molecule has 0 bridgehead atoms. The number of hydrogen-bond acceptors (Lipinski definition) is 4. The van der Waals surface area contributed by atoms with E-state index >= 15 is 0 Å². The van der Waals surface area contributed by atoms with Crippen molar-refractivity contribution in [2.24, 2.45) is 5.41 Å². The Kier molecular flexibility index (Phi) is 6.01. The van der Waals surface area contributed by atoms with E-state index in [-0.39, 0.29) is 23.2 Å². The van der Waals surface area contributed by atoms with Crippen LogP contribution in [0.4, 0.5) is 4.39 Å². The molecule has 1 atom stereocenters. The van der Waals surface area contributed by atoms with Crippen LogP contribution < -0.4 is 5.32 Å². The summed E-state index contributed by atoms with van der Waals surface area (Å²) in [6.07, 6.45) is 5.61. The lowest BCUT2D eigenvalue weighted by Gasteiger charge is -2.29. The Labute approximate surface area is 163 Å². The van der Waals surface area contributed by atoms with Gasteiger partial charge in [-0.25, -0.2) is 9.37 Å². The number of rotatable bonds is 5. The Morgan fingerprint density at radius 2 is 2.12 bits per heavy atom. The lowest BCUT2D eigenvalue weighted by Crippen LogP contribution is -2.35. The average molecular weight is 402 g/mol. The average Bonchev–Trinajstić information content (AvgIpc) is 3.02. The molecule has 4 rings (SSSR count). The summed E-state index contributed by atoms with van der Waals surface area (Å²) in [5.74, 6) is -0.354. The summed E-state index contributed by atoms with van der Waals surface area (Å²) in [5, 5.41) is 6.83. The molecule has 0 amide bonds.